The van der Waals surface area contributed by atoms with Crippen LogP contribution in [0.4, 0.5) is 19.2 Å². The maximum Gasteiger partial charge on any atom is 0.412 e. The van der Waals surface area contributed by atoms with Crippen LogP contribution in [-0.4, -0.2) is 138 Å². The summed E-state index contributed by atoms with van der Waals surface area (Å²) in [5, 5.41) is 11.9. The molecule has 3 saturated carbocycles. The molecular formula is C86H106N4O18. The molecule has 578 valence electrons. The van der Waals surface area contributed by atoms with Gasteiger partial charge in [-0.25, -0.2) is 19.2 Å². The fourth-order valence-electron chi connectivity index (χ4n) is 16.7. The summed E-state index contributed by atoms with van der Waals surface area (Å²) >= 11 is 0. The van der Waals surface area contributed by atoms with Crippen molar-refractivity contribution in [2.75, 3.05) is 65.9 Å². The smallest absolute Gasteiger partial charge is 0.412 e. The van der Waals surface area contributed by atoms with E-state index < -0.39 is 47.8 Å². The van der Waals surface area contributed by atoms with E-state index in [-0.39, 0.29) is 140 Å². The van der Waals surface area contributed by atoms with Crippen molar-refractivity contribution in [1.82, 2.24) is 21.3 Å². The Bertz CT molecular complexity index is 3830. The van der Waals surface area contributed by atoms with E-state index in [1.807, 2.05) is 18.2 Å². The Kier molecular flexibility index (Phi) is 28.8. The van der Waals surface area contributed by atoms with E-state index in [2.05, 4.69) is 83.6 Å². The monoisotopic (exact) mass is 1480 g/mol. The number of benzene rings is 6. The minimum atomic E-state index is -0.687. The first-order valence-corrected chi connectivity index (χ1v) is 37.4. The maximum atomic E-state index is 13.5. The van der Waals surface area contributed by atoms with Gasteiger partial charge in [-0.3, -0.25) is 24.0 Å². The number of carbonyl (C=O) groups excluding carboxylic acids is 9. The average molecular weight is 1480 g/mol. The molecule has 4 amide bonds. The number of carbonyl (C=O) groups is 9. The molecule has 3 fully saturated rings. The van der Waals surface area contributed by atoms with Crippen molar-refractivity contribution in [3.8, 4) is 17.2 Å². The summed E-state index contributed by atoms with van der Waals surface area (Å²) in [5.74, 6) is -0.299. The molecule has 0 aromatic heterocycles. The van der Waals surface area contributed by atoms with Crippen molar-refractivity contribution in [2.45, 2.75) is 158 Å². The number of rotatable bonds is 34. The first kappa shape index (κ1) is 82.3. The highest BCUT2D eigenvalue weighted by molar-refractivity contribution is 6.10. The first-order chi connectivity index (χ1) is 51.4. The summed E-state index contributed by atoms with van der Waals surface area (Å²) in [7, 11) is 0. The molecule has 7 atom stereocenters. The minimum Gasteiger partial charge on any atom is -0.463 e. The number of nitrogens with one attached hydrogen (secondary N) is 4. The molecule has 0 aliphatic heterocycles. The summed E-state index contributed by atoms with van der Waals surface area (Å²) in [6.07, 6.45) is 4.01. The third-order valence-electron chi connectivity index (χ3n) is 20.1. The highest BCUT2D eigenvalue weighted by atomic mass is 16.6. The Morgan fingerprint density at radius 3 is 1.16 bits per heavy atom. The van der Waals surface area contributed by atoms with E-state index in [9.17, 15) is 43.2 Å². The van der Waals surface area contributed by atoms with Gasteiger partial charge in [0.05, 0.1) is 33.0 Å². The van der Waals surface area contributed by atoms with Gasteiger partial charge >= 0.3 is 36.3 Å². The van der Waals surface area contributed by atoms with E-state index in [1.165, 1.54) is 0 Å². The number of hydrogen-bond acceptors (Lipinski definition) is 18. The predicted molar refractivity (Wildman–Crippen MR) is 406 cm³/mol. The van der Waals surface area contributed by atoms with Crippen LogP contribution in [-0.2, 0) is 38.0 Å². The molecule has 6 aromatic rings. The van der Waals surface area contributed by atoms with Crippen LogP contribution in [0.1, 0.15) is 187 Å². The lowest BCUT2D eigenvalue weighted by Crippen LogP contribution is -2.50. The number of hydrogen-bond donors (Lipinski definition) is 4. The third-order valence-corrected chi connectivity index (χ3v) is 20.1. The number of alkyl carbamates (subject to hydrolysis) is 2. The highest BCUT2D eigenvalue weighted by Gasteiger charge is 2.45. The second-order valence-corrected chi connectivity index (χ2v) is 32.7. The molecule has 0 spiro atoms. The topological polar surface area (TPSA) is 285 Å². The van der Waals surface area contributed by atoms with Gasteiger partial charge in [-0.15, -0.1) is 0 Å². The van der Waals surface area contributed by atoms with Gasteiger partial charge in [0.2, 0.25) is 0 Å². The molecule has 0 bridgehead atoms. The van der Waals surface area contributed by atoms with Crippen LogP contribution in [0.15, 0.2) is 164 Å². The second kappa shape index (κ2) is 37.9. The van der Waals surface area contributed by atoms with Gasteiger partial charge in [-0.05, 0) is 175 Å². The van der Waals surface area contributed by atoms with E-state index in [4.69, 9.17) is 42.6 Å². The van der Waals surface area contributed by atoms with Crippen molar-refractivity contribution in [3.63, 3.8) is 0 Å². The summed E-state index contributed by atoms with van der Waals surface area (Å²) in [5.41, 5.74) is 1.52. The molecule has 3 aliphatic rings. The first-order valence-electron chi connectivity index (χ1n) is 37.4. The lowest BCUT2D eigenvalue weighted by Gasteiger charge is -2.46. The molecule has 108 heavy (non-hydrogen) atoms. The highest BCUT2D eigenvalue weighted by Crippen LogP contribution is 2.51. The molecule has 4 N–H and O–H groups in total. The summed E-state index contributed by atoms with van der Waals surface area (Å²) in [6, 6.07) is 45.6. The molecule has 22 heteroatoms. The van der Waals surface area contributed by atoms with Crippen LogP contribution in [0.25, 0.3) is 0 Å². The molecule has 0 heterocycles. The van der Waals surface area contributed by atoms with Crippen molar-refractivity contribution < 1.29 is 85.8 Å². The van der Waals surface area contributed by atoms with Crippen molar-refractivity contribution in [3.05, 3.63) is 197 Å². The zero-order valence-electron chi connectivity index (χ0n) is 63.8. The molecule has 22 nitrogen and oxygen atoms in total. The molecule has 6 aromatic carbocycles. The average Bonchev–Trinajstić information content (AvgIpc) is 0.806. The second-order valence-electron chi connectivity index (χ2n) is 32.7. The van der Waals surface area contributed by atoms with Crippen LogP contribution < -0.4 is 35.5 Å². The van der Waals surface area contributed by atoms with Gasteiger partial charge in [-0.2, -0.15) is 0 Å². The van der Waals surface area contributed by atoms with E-state index in [0.29, 0.717) is 89.9 Å². The minimum absolute atomic E-state index is 0.00187. The maximum absolute atomic E-state index is 13.5. The summed E-state index contributed by atoms with van der Waals surface area (Å²) in [6.45, 7) is 19.5. The SMILES string of the molecule is CC1(C)CC(CC(=O)OCCOC(COCCOC(=O)NC2CC(C)(C)CC(C)(CCC(=O)Oc3ccc(C(=O)c4ccccc4)cc3)C2)COCCOC(=O)NC2CC(C)(C)CC(C)(CNC(=O)Oc3ccc(C(=O)c4ccccc4)cc3)C2)CC(C)(CNC(=O)Oc2ccc(C(=O)c3ccccc3)cc2)C1. The number of esters is 2. The fraction of sp³-hybridized carbons (Fsp3) is 0.477. The predicted octanol–water partition coefficient (Wildman–Crippen LogP) is 15.4. The largest absolute Gasteiger partial charge is 0.463 e. The third kappa shape index (κ3) is 26.6. The number of amides is 4. The standard InChI is InChI=1S/C86H106N4O18/c1-81(2)46-59(47-85(8,55-81)57-87-77(96)107-69-33-27-64(28-34-69)75(94)61-21-15-11-16-22-61)45-73(92)103-44-43-102-71(52-100-39-41-104-79(98)89-66-48-82(3,4)54-84(7,50-66)38-37-72(91)106-68-31-25-63(26-32-68)74(93)60-19-13-10-14-20-60)53-101-40-42-105-80(99)90-67-49-83(5,6)56-86(9,51-67)58-88-78(97)108-70-35-29-65(30-36-70)76(95)62-23-17-12-18-24-62/h10-36,59,66-67,71H,37-58H2,1-9H3,(H,87,96)(H,88,97)(H,89,98)(H,90,99). The summed E-state index contributed by atoms with van der Waals surface area (Å²) < 4.78 is 51.9. The van der Waals surface area contributed by atoms with Crippen LogP contribution >= 0.6 is 0 Å². The Hall–Kier alpha value is -9.77. The van der Waals surface area contributed by atoms with Gasteiger partial charge in [0.15, 0.2) is 17.3 Å². The molecule has 0 radical (unpaired) electrons. The molecule has 7 unspecified atom stereocenters. The zero-order chi connectivity index (χ0) is 77.5. The van der Waals surface area contributed by atoms with Gasteiger partial charge in [0, 0.05) is 71.4 Å². The fourth-order valence-corrected chi connectivity index (χ4v) is 16.7. The molecule has 3 aliphatic carbocycles. The van der Waals surface area contributed by atoms with E-state index in [1.54, 1.807) is 146 Å². The van der Waals surface area contributed by atoms with E-state index >= 15 is 0 Å². The van der Waals surface area contributed by atoms with Crippen LogP contribution in [0, 0.1) is 38.4 Å². The number of ketones is 3. The molecule has 0 saturated heterocycles. The Morgan fingerprint density at radius 1 is 0.370 bits per heavy atom. The van der Waals surface area contributed by atoms with Crippen LogP contribution in [0.3, 0.4) is 0 Å². The Morgan fingerprint density at radius 2 is 0.731 bits per heavy atom. The van der Waals surface area contributed by atoms with Crippen LogP contribution in [0.2, 0.25) is 0 Å². The Balaban J connectivity index is 0.715. The number of ether oxygens (including phenoxy) is 9. The van der Waals surface area contributed by atoms with Crippen LogP contribution in [0.5, 0.6) is 17.2 Å². The van der Waals surface area contributed by atoms with Crippen molar-refractivity contribution in [2.24, 2.45) is 38.4 Å². The van der Waals surface area contributed by atoms with Crippen molar-refractivity contribution >= 4 is 53.7 Å². The zero-order valence-corrected chi connectivity index (χ0v) is 63.8. The summed E-state index contributed by atoms with van der Waals surface area (Å²) in [4.78, 5) is 118. The van der Waals surface area contributed by atoms with Gasteiger partial charge in [0.25, 0.3) is 0 Å². The van der Waals surface area contributed by atoms with Gasteiger partial charge in [0.1, 0.15) is 43.2 Å². The lowest BCUT2D eigenvalue weighted by atomic mass is 9.60. The van der Waals surface area contributed by atoms with Gasteiger partial charge < -0.3 is 63.9 Å². The quantitative estimate of drug-likeness (QED) is 0.00960. The normalized spacial score (nSPS) is 21.4. The van der Waals surface area contributed by atoms with Crippen molar-refractivity contribution in [1.29, 1.82) is 0 Å². The van der Waals surface area contributed by atoms with E-state index in [0.717, 1.165) is 25.7 Å². The lowest BCUT2D eigenvalue weighted by molar-refractivity contribution is -0.149. The molecular weight excluding hydrogens is 1380 g/mol. The Labute approximate surface area is 634 Å². The molecule has 9 rings (SSSR count). The van der Waals surface area contributed by atoms with Gasteiger partial charge in [-0.1, -0.05) is 153 Å².